The maximum absolute atomic E-state index is 11.9. The van der Waals surface area contributed by atoms with Crippen molar-refractivity contribution in [2.75, 3.05) is 12.4 Å². The molecule has 18 heavy (non-hydrogen) atoms. The van der Waals surface area contributed by atoms with Gasteiger partial charge in [0.2, 0.25) is 5.75 Å². The topological polar surface area (TPSA) is 104 Å². The van der Waals surface area contributed by atoms with E-state index in [0.29, 0.717) is 0 Å². The third-order valence-electron chi connectivity index (χ3n) is 3.03. The minimum absolute atomic E-state index is 0.0166. The zero-order valence-electron chi connectivity index (χ0n) is 9.00. The normalized spacial score (nSPS) is 19.2. The predicted molar refractivity (Wildman–Crippen MR) is 58.7 cm³/mol. The molecule has 1 aromatic rings. The first-order valence-electron chi connectivity index (χ1n) is 5.15. The van der Waals surface area contributed by atoms with E-state index in [1.54, 1.807) is 0 Å². The van der Waals surface area contributed by atoms with Crippen molar-refractivity contribution in [3.05, 3.63) is 27.3 Å². The van der Waals surface area contributed by atoms with Crippen LogP contribution >= 0.6 is 0 Å². The van der Waals surface area contributed by atoms with Crippen LogP contribution in [-0.4, -0.2) is 31.5 Å². The number of benzene rings is 1. The molecule has 0 amide bonds. The predicted octanol–water partition coefficient (Wildman–Crippen LogP) is 0.500. The summed E-state index contributed by atoms with van der Waals surface area (Å²) in [7, 11) is -3.67. The number of nitrogens with zero attached hydrogens (tertiary/aromatic N) is 1. The molecular formula is C10H7NO6S. The van der Waals surface area contributed by atoms with Crippen LogP contribution in [0.4, 0.5) is 5.69 Å². The largest absolute Gasteiger partial charge is 0.486 e. The third-order valence-corrected chi connectivity index (χ3v) is 4.76. The number of Topliss-reactive ketones (excluding diaryl/α,β-unsaturated/α-hetero) is 1. The summed E-state index contributed by atoms with van der Waals surface area (Å²) >= 11 is 0. The molecule has 0 radical (unpaired) electrons. The summed E-state index contributed by atoms with van der Waals surface area (Å²) in [5, 5.41) is 10.9. The molecule has 0 N–H and O–H groups in total. The molecule has 0 atom stereocenters. The van der Waals surface area contributed by atoms with E-state index in [4.69, 9.17) is 4.74 Å². The third kappa shape index (κ3) is 1.29. The van der Waals surface area contributed by atoms with Crippen LogP contribution in [0.25, 0.3) is 0 Å². The highest BCUT2D eigenvalue weighted by atomic mass is 32.2. The second-order valence-corrected chi connectivity index (χ2v) is 6.04. The second-order valence-electron chi connectivity index (χ2n) is 4.12. The highest BCUT2D eigenvalue weighted by Gasteiger charge is 2.42. The molecule has 0 saturated carbocycles. The lowest BCUT2D eigenvalue weighted by molar-refractivity contribution is -0.385. The molecule has 0 aliphatic carbocycles. The number of fused-ring (bicyclic) bond motifs is 3. The fraction of sp³-hybridized carbons (Fsp3) is 0.300. The Bertz CT molecular complexity index is 706. The molecule has 7 nitrogen and oxygen atoms in total. The van der Waals surface area contributed by atoms with E-state index in [-0.39, 0.29) is 40.5 Å². The molecule has 2 aliphatic heterocycles. The first kappa shape index (κ1) is 11.1. The molecule has 94 valence electrons. The molecule has 0 bridgehead atoms. The summed E-state index contributed by atoms with van der Waals surface area (Å²) in [4.78, 5) is 21.8. The van der Waals surface area contributed by atoms with Gasteiger partial charge in [0.25, 0.3) is 0 Å². The molecule has 0 aromatic heterocycles. The van der Waals surface area contributed by atoms with Crippen LogP contribution in [0.5, 0.6) is 5.75 Å². The zero-order valence-corrected chi connectivity index (χ0v) is 9.82. The van der Waals surface area contributed by atoms with Gasteiger partial charge in [-0.3, -0.25) is 14.9 Å². The lowest BCUT2D eigenvalue weighted by Crippen LogP contribution is -2.04. The summed E-state index contributed by atoms with van der Waals surface area (Å²) < 4.78 is 28.8. The Morgan fingerprint density at radius 3 is 2.78 bits per heavy atom. The Morgan fingerprint density at radius 2 is 2.11 bits per heavy atom. The SMILES string of the molecule is O=C1CS(=O)(=O)c2c1cc([N+](=O)[O-])c1c2CCO1. The van der Waals surface area contributed by atoms with Crippen molar-refractivity contribution in [1.82, 2.24) is 0 Å². The van der Waals surface area contributed by atoms with Crippen LogP contribution in [-0.2, 0) is 16.3 Å². The van der Waals surface area contributed by atoms with Crippen LogP contribution in [0.2, 0.25) is 0 Å². The highest BCUT2D eigenvalue weighted by Crippen LogP contribution is 2.44. The van der Waals surface area contributed by atoms with Crippen molar-refractivity contribution in [1.29, 1.82) is 0 Å². The monoisotopic (exact) mass is 269 g/mol. The molecule has 2 heterocycles. The molecule has 8 heteroatoms. The molecule has 1 aromatic carbocycles. The Balaban J connectivity index is 2.43. The molecule has 3 rings (SSSR count). The van der Waals surface area contributed by atoms with Crippen LogP contribution in [0.15, 0.2) is 11.0 Å². The number of ether oxygens (including phenoxy) is 1. The van der Waals surface area contributed by atoms with Crippen LogP contribution in [0, 0.1) is 10.1 Å². The average Bonchev–Trinajstić information content (AvgIpc) is 2.80. The van der Waals surface area contributed by atoms with Crippen LogP contribution < -0.4 is 4.74 Å². The number of hydrogen-bond donors (Lipinski definition) is 0. The highest BCUT2D eigenvalue weighted by molar-refractivity contribution is 7.92. The van der Waals surface area contributed by atoms with Gasteiger partial charge in [0.05, 0.1) is 16.4 Å². The number of carbonyl (C=O) groups excluding carboxylic acids is 1. The summed E-state index contributed by atoms with van der Waals surface area (Å²) in [6, 6.07) is 1.01. The molecular weight excluding hydrogens is 262 g/mol. The van der Waals surface area contributed by atoms with E-state index >= 15 is 0 Å². The number of nitro groups is 1. The van der Waals surface area contributed by atoms with Gasteiger partial charge in [-0.15, -0.1) is 0 Å². The van der Waals surface area contributed by atoms with Crippen LogP contribution in [0.3, 0.4) is 0 Å². The van der Waals surface area contributed by atoms with Crippen molar-refractivity contribution in [2.24, 2.45) is 0 Å². The Labute approximate surface area is 101 Å². The Kier molecular flexibility index (Phi) is 2.03. The number of ketones is 1. The van der Waals surface area contributed by atoms with Crippen molar-refractivity contribution in [2.45, 2.75) is 11.3 Å². The maximum Gasteiger partial charge on any atom is 0.312 e. The van der Waals surface area contributed by atoms with E-state index < -0.39 is 26.3 Å². The van der Waals surface area contributed by atoms with Crippen molar-refractivity contribution in [3.63, 3.8) is 0 Å². The van der Waals surface area contributed by atoms with E-state index in [1.165, 1.54) is 0 Å². The van der Waals surface area contributed by atoms with E-state index in [1.807, 2.05) is 0 Å². The molecule has 0 spiro atoms. The molecule has 0 saturated heterocycles. The number of sulfone groups is 1. The maximum atomic E-state index is 11.9. The fourth-order valence-electron chi connectivity index (χ4n) is 2.35. The van der Waals surface area contributed by atoms with Gasteiger partial charge in [0.15, 0.2) is 15.6 Å². The Morgan fingerprint density at radius 1 is 1.39 bits per heavy atom. The van der Waals surface area contributed by atoms with Gasteiger partial charge in [-0.1, -0.05) is 0 Å². The Hall–Kier alpha value is -1.96. The molecule has 0 fully saturated rings. The van der Waals surface area contributed by atoms with Crippen molar-refractivity contribution in [3.8, 4) is 5.75 Å². The smallest absolute Gasteiger partial charge is 0.312 e. The van der Waals surface area contributed by atoms with Gasteiger partial charge >= 0.3 is 5.69 Å². The van der Waals surface area contributed by atoms with Crippen molar-refractivity contribution < 1.29 is 22.9 Å². The van der Waals surface area contributed by atoms with Crippen molar-refractivity contribution >= 4 is 21.3 Å². The van der Waals surface area contributed by atoms with E-state index in [0.717, 1.165) is 6.07 Å². The van der Waals surface area contributed by atoms with Gasteiger partial charge < -0.3 is 4.74 Å². The van der Waals surface area contributed by atoms with Gasteiger partial charge in [-0.25, -0.2) is 8.42 Å². The first-order chi connectivity index (χ1) is 8.42. The van der Waals surface area contributed by atoms with Gasteiger partial charge in [0.1, 0.15) is 5.75 Å². The minimum Gasteiger partial charge on any atom is -0.486 e. The standard InChI is InChI=1S/C10H7NO6S/c12-8-4-18(15,16)10-5-1-2-17-9(5)7(11(13)14)3-6(8)10/h3H,1-2,4H2. The fourth-order valence-corrected chi connectivity index (χ4v) is 4.07. The van der Waals surface area contributed by atoms with Gasteiger partial charge in [0, 0.05) is 23.6 Å². The molecule has 2 aliphatic rings. The summed E-state index contributed by atoms with van der Waals surface area (Å²) in [6.07, 6.45) is 0.270. The quantitative estimate of drug-likeness (QED) is 0.543. The average molecular weight is 269 g/mol. The zero-order chi connectivity index (χ0) is 13.1. The lowest BCUT2D eigenvalue weighted by atomic mass is 10.0. The first-order valence-corrected chi connectivity index (χ1v) is 6.80. The number of hydrogen-bond acceptors (Lipinski definition) is 6. The second kappa shape index (κ2) is 3.29. The summed E-state index contributed by atoms with van der Waals surface area (Å²) in [5.74, 6) is -1.23. The van der Waals surface area contributed by atoms with Gasteiger partial charge in [-0.2, -0.15) is 0 Å². The summed E-state index contributed by atoms with van der Waals surface area (Å²) in [6.45, 7) is 0.191. The van der Waals surface area contributed by atoms with E-state index in [9.17, 15) is 23.3 Å². The number of carbonyl (C=O) groups is 1. The molecule has 0 unspecified atom stereocenters. The number of rotatable bonds is 1. The minimum atomic E-state index is -3.67. The van der Waals surface area contributed by atoms with E-state index in [2.05, 4.69) is 0 Å². The number of nitro benzene ring substituents is 1. The lowest BCUT2D eigenvalue weighted by Gasteiger charge is -2.05. The summed E-state index contributed by atoms with van der Waals surface area (Å²) in [5.41, 5.74) is -0.150. The van der Waals surface area contributed by atoms with Gasteiger partial charge in [-0.05, 0) is 0 Å². The van der Waals surface area contributed by atoms with Crippen LogP contribution in [0.1, 0.15) is 15.9 Å².